The molecule has 1 unspecified atom stereocenters. The number of alkyl halides is 3. The lowest BCUT2D eigenvalue weighted by molar-refractivity contribution is -0.267. The smallest absolute Gasteiger partial charge is 0.374 e. The van der Waals surface area contributed by atoms with E-state index in [1.165, 1.54) is 17.2 Å². The molecule has 0 radical (unpaired) electrons. The Kier molecular flexibility index (Phi) is 7.31. The van der Waals surface area contributed by atoms with E-state index in [1.54, 1.807) is 6.07 Å². The minimum absolute atomic E-state index is 0.306. The number of halogens is 4. The van der Waals surface area contributed by atoms with Gasteiger partial charge < -0.3 is 20.2 Å². The Labute approximate surface area is 191 Å². The number of amides is 2. The fourth-order valence-electron chi connectivity index (χ4n) is 3.31. The van der Waals surface area contributed by atoms with Gasteiger partial charge in [-0.1, -0.05) is 17.7 Å². The van der Waals surface area contributed by atoms with Gasteiger partial charge in [0.05, 0.1) is 13.0 Å². The Balaban J connectivity index is 1.53. The molecular formula is C20H22ClF3N4O3S. The van der Waals surface area contributed by atoms with Crippen molar-refractivity contribution in [1.29, 1.82) is 0 Å². The van der Waals surface area contributed by atoms with E-state index < -0.39 is 41.6 Å². The Morgan fingerprint density at radius 2 is 1.94 bits per heavy atom. The molecule has 2 amide bonds. The second kappa shape index (κ2) is 9.63. The van der Waals surface area contributed by atoms with E-state index in [9.17, 15) is 27.9 Å². The number of rotatable bonds is 6. The first-order valence-electron chi connectivity index (χ1n) is 9.76. The molecule has 3 rings (SSSR count). The number of nitrogens with zero attached hydrogens (tertiary/aromatic N) is 3. The van der Waals surface area contributed by atoms with Gasteiger partial charge in [0.1, 0.15) is 5.01 Å². The Morgan fingerprint density at radius 3 is 2.50 bits per heavy atom. The van der Waals surface area contributed by atoms with Gasteiger partial charge in [0, 0.05) is 48.0 Å². The fourth-order valence-corrected chi connectivity index (χ4v) is 4.41. The fraction of sp³-hybridized carbons (Fsp3) is 0.450. The summed E-state index contributed by atoms with van der Waals surface area (Å²) < 4.78 is 40.5. The summed E-state index contributed by atoms with van der Waals surface area (Å²) in [4.78, 5) is 31.8. The molecular weight excluding hydrogens is 469 g/mol. The van der Waals surface area contributed by atoms with Crippen LogP contribution in [0.2, 0.25) is 5.02 Å². The predicted octanol–water partition coefficient (Wildman–Crippen LogP) is 2.71. The van der Waals surface area contributed by atoms with E-state index in [2.05, 4.69) is 15.2 Å². The van der Waals surface area contributed by atoms with Crippen molar-refractivity contribution < 1.29 is 27.9 Å². The molecule has 0 spiro atoms. The van der Waals surface area contributed by atoms with Crippen LogP contribution in [0.15, 0.2) is 29.6 Å². The largest absolute Gasteiger partial charge is 0.424 e. The molecule has 0 aliphatic carbocycles. The number of nitrogens with one attached hydrogen (secondary N) is 1. The molecule has 1 fully saturated rings. The molecule has 1 aliphatic rings. The summed E-state index contributed by atoms with van der Waals surface area (Å²) in [6.07, 6.45) is -6.38. The predicted molar refractivity (Wildman–Crippen MR) is 115 cm³/mol. The van der Waals surface area contributed by atoms with Crippen molar-refractivity contribution >= 4 is 40.4 Å². The van der Waals surface area contributed by atoms with Gasteiger partial charge in [-0.2, -0.15) is 13.2 Å². The van der Waals surface area contributed by atoms with E-state index >= 15 is 0 Å². The molecule has 1 aromatic heterocycles. The molecule has 2 heterocycles. The Hall–Kier alpha value is -2.37. The van der Waals surface area contributed by atoms with Crippen molar-refractivity contribution in [2.75, 3.05) is 37.6 Å². The molecule has 2 N–H and O–H groups in total. The summed E-state index contributed by atoms with van der Waals surface area (Å²) in [7, 11) is 0. The number of benzene rings is 1. The number of aromatic nitrogens is 1. The number of thiazole rings is 1. The zero-order valence-electron chi connectivity index (χ0n) is 17.2. The molecule has 174 valence electrons. The number of aryl methyl sites for hydroxylation is 1. The summed E-state index contributed by atoms with van der Waals surface area (Å²) in [5.74, 6) is -1.51. The molecule has 1 atom stereocenters. The maximum absolute atomic E-state index is 13.5. The SMILES string of the molecule is Cc1csc(C(O)(CC(=O)NCC(=O)N2CCN(c3cccc(Cl)c3)CC2)C(F)(F)F)n1. The maximum atomic E-state index is 13.5. The molecule has 32 heavy (non-hydrogen) atoms. The van der Waals surface area contributed by atoms with Gasteiger partial charge in [-0.05, 0) is 25.1 Å². The second-order valence-corrected chi connectivity index (χ2v) is 8.75. The lowest BCUT2D eigenvalue weighted by Crippen LogP contribution is -2.52. The van der Waals surface area contributed by atoms with Gasteiger partial charge in [-0.3, -0.25) is 9.59 Å². The highest BCUT2D eigenvalue weighted by molar-refractivity contribution is 7.09. The van der Waals surface area contributed by atoms with Crippen molar-refractivity contribution in [3.05, 3.63) is 45.4 Å². The zero-order chi connectivity index (χ0) is 23.5. The van der Waals surface area contributed by atoms with Crippen LogP contribution in [0.4, 0.5) is 18.9 Å². The molecule has 1 aliphatic heterocycles. The number of hydrogen-bond acceptors (Lipinski definition) is 6. The third-order valence-corrected chi connectivity index (χ3v) is 6.45. The third kappa shape index (κ3) is 5.51. The second-order valence-electron chi connectivity index (χ2n) is 7.45. The van der Waals surface area contributed by atoms with Crippen LogP contribution in [0.1, 0.15) is 17.1 Å². The summed E-state index contributed by atoms with van der Waals surface area (Å²) in [6.45, 7) is 2.93. The molecule has 1 saturated heterocycles. The monoisotopic (exact) mass is 490 g/mol. The van der Waals surface area contributed by atoms with E-state index in [0.717, 1.165) is 5.69 Å². The number of aliphatic hydroxyl groups is 1. The number of carbonyl (C=O) groups excluding carboxylic acids is 2. The first-order chi connectivity index (χ1) is 15.0. The van der Waals surface area contributed by atoms with E-state index in [-0.39, 0.29) is 0 Å². The standard InChI is InChI=1S/C20H22ClF3N4O3S/c1-13-12-32-18(26-13)19(31,20(22,23)24)10-16(29)25-11-17(30)28-7-5-27(6-8-28)15-4-2-3-14(21)9-15/h2-4,9,12,31H,5-8,10-11H2,1H3,(H,25,29). The maximum Gasteiger partial charge on any atom is 0.424 e. The number of carbonyl (C=O) groups is 2. The first kappa shape index (κ1) is 24.3. The van der Waals surface area contributed by atoms with E-state index in [4.69, 9.17) is 11.6 Å². The molecule has 7 nitrogen and oxygen atoms in total. The van der Waals surface area contributed by atoms with Crippen molar-refractivity contribution in [3.8, 4) is 0 Å². The van der Waals surface area contributed by atoms with Crippen LogP contribution in [0.5, 0.6) is 0 Å². The van der Waals surface area contributed by atoms with Crippen molar-refractivity contribution in [2.45, 2.75) is 25.1 Å². The van der Waals surface area contributed by atoms with Crippen LogP contribution in [0, 0.1) is 6.92 Å². The summed E-state index contributed by atoms with van der Waals surface area (Å²) >= 11 is 6.63. The van der Waals surface area contributed by atoms with Crippen molar-refractivity contribution in [2.24, 2.45) is 0 Å². The number of piperazine rings is 1. The van der Waals surface area contributed by atoms with Crippen LogP contribution in [-0.4, -0.2) is 65.7 Å². The lowest BCUT2D eigenvalue weighted by Gasteiger charge is -2.36. The number of hydrogen-bond donors (Lipinski definition) is 2. The van der Waals surface area contributed by atoms with Crippen LogP contribution in [0.3, 0.4) is 0 Å². The molecule has 12 heteroatoms. The van der Waals surface area contributed by atoms with Crippen molar-refractivity contribution in [1.82, 2.24) is 15.2 Å². The number of anilines is 1. The molecule has 0 bridgehead atoms. The third-order valence-electron chi connectivity index (χ3n) is 5.10. The highest BCUT2D eigenvalue weighted by Gasteiger charge is 2.58. The van der Waals surface area contributed by atoms with Gasteiger partial charge in [0.2, 0.25) is 17.4 Å². The summed E-state index contributed by atoms with van der Waals surface area (Å²) in [5, 5.41) is 13.8. The lowest BCUT2D eigenvalue weighted by atomic mass is 9.99. The minimum Gasteiger partial charge on any atom is -0.374 e. The van der Waals surface area contributed by atoms with E-state index in [0.29, 0.717) is 48.2 Å². The van der Waals surface area contributed by atoms with Gasteiger partial charge in [-0.15, -0.1) is 11.3 Å². The van der Waals surface area contributed by atoms with Gasteiger partial charge in [-0.25, -0.2) is 4.98 Å². The first-order valence-corrected chi connectivity index (χ1v) is 11.0. The van der Waals surface area contributed by atoms with Crippen molar-refractivity contribution in [3.63, 3.8) is 0 Å². The van der Waals surface area contributed by atoms with Gasteiger partial charge >= 0.3 is 6.18 Å². The topological polar surface area (TPSA) is 85.8 Å². The summed E-state index contributed by atoms with van der Waals surface area (Å²) in [6, 6.07) is 7.34. The Bertz CT molecular complexity index is 979. The summed E-state index contributed by atoms with van der Waals surface area (Å²) in [5.41, 5.74) is -2.18. The average molecular weight is 491 g/mol. The van der Waals surface area contributed by atoms with Crippen LogP contribution in [-0.2, 0) is 15.2 Å². The van der Waals surface area contributed by atoms with Gasteiger partial charge in [0.15, 0.2) is 0 Å². The van der Waals surface area contributed by atoms with Crippen LogP contribution in [0.25, 0.3) is 0 Å². The van der Waals surface area contributed by atoms with Crippen LogP contribution >= 0.6 is 22.9 Å². The minimum atomic E-state index is -5.10. The Morgan fingerprint density at radius 1 is 1.25 bits per heavy atom. The molecule has 2 aromatic rings. The van der Waals surface area contributed by atoms with E-state index in [1.807, 2.05) is 18.2 Å². The van der Waals surface area contributed by atoms with Crippen LogP contribution < -0.4 is 10.2 Å². The zero-order valence-corrected chi connectivity index (χ0v) is 18.7. The highest BCUT2D eigenvalue weighted by Crippen LogP contribution is 2.42. The average Bonchev–Trinajstić information content (AvgIpc) is 3.18. The normalized spacial score (nSPS) is 16.6. The molecule has 0 saturated carbocycles. The highest BCUT2D eigenvalue weighted by atomic mass is 35.5. The quantitative estimate of drug-likeness (QED) is 0.650. The van der Waals surface area contributed by atoms with Gasteiger partial charge in [0.25, 0.3) is 0 Å². The molecule has 1 aromatic carbocycles.